The largest absolute Gasteiger partial charge is 0.481 e. The second-order valence-corrected chi connectivity index (χ2v) is 7.86. The van der Waals surface area contributed by atoms with Crippen molar-refractivity contribution in [2.24, 2.45) is 5.92 Å². The quantitative estimate of drug-likeness (QED) is 0.662. The van der Waals surface area contributed by atoms with Crippen LogP contribution in [0.25, 0.3) is 10.9 Å². The normalized spacial score (nSPS) is 14.7. The first-order valence-corrected chi connectivity index (χ1v) is 10.4. The molecule has 1 N–H and O–H groups in total. The van der Waals surface area contributed by atoms with E-state index in [0.29, 0.717) is 12.3 Å². The molecule has 0 saturated carbocycles. The molecule has 1 aliphatic heterocycles. The van der Waals surface area contributed by atoms with E-state index >= 15 is 0 Å². The number of anilines is 1. The Kier molecular flexibility index (Phi) is 6.12. The van der Waals surface area contributed by atoms with Crippen molar-refractivity contribution >= 4 is 22.6 Å². The highest BCUT2D eigenvalue weighted by atomic mass is 19.1. The van der Waals surface area contributed by atoms with Gasteiger partial charge >= 0.3 is 0 Å². The standard InChI is InChI=1S/C24H26FN3O2/c1-17-11-13-28(14-12-17)22-10-7-19-3-2-4-21(24(19)27-22)30-16-23(29)26-15-18-5-8-20(25)9-6-18/h2-10,17H,11-16H2,1H3,(H,26,29). The molecule has 0 aliphatic carbocycles. The fraction of sp³-hybridized carbons (Fsp3) is 0.333. The Balaban J connectivity index is 1.41. The molecule has 0 unspecified atom stereocenters. The van der Waals surface area contributed by atoms with E-state index in [1.54, 1.807) is 12.1 Å². The predicted octanol–water partition coefficient (Wildman–Crippen LogP) is 4.31. The lowest BCUT2D eigenvalue weighted by Crippen LogP contribution is -2.33. The van der Waals surface area contributed by atoms with E-state index in [2.05, 4.69) is 29.3 Å². The fourth-order valence-corrected chi connectivity index (χ4v) is 3.64. The third-order valence-corrected chi connectivity index (χ3v) is 5.54. The Labute approximate surface area is 175 Å². The molecule has 1 fully saturated rings. The number of ether oxygens (including phenoxy) is 1. The van der Waals surface area contributed by atoms with Crippen LogP contribution in [-0.4, -0.2) is 30.6 Å². The Hall–Kier alpha value is -3.15. The predicted molar refractivity (Wildman–Crippen MR) is 116 cm³/mol. The minimum Gasteiger partial charge on any atom is -0.481 e. The minimum atomic E-state index is -0.296. The molecule has 4 rings (SSSR count). The number of carbonyl (C=O) groups is 1. The van der Waals surface area contributed by atoms with Crippen molar-refractivity contribution in [2.45, 2.75) is 26.3 Å². The molecule has 0 spiro atoms. The Morgan fingerprint density at radius 3 is 2.67 bits per heavy atom. The number of halogens is 1. The maximum absolute atomic E-state index is 13.0. The van der Waals surface area contributed by atoms with E-state index in [1.165, 1.54) is 25.0 Å². The van der Waals surface area contributed by atoms with Crippen LogP contribution in [0, 0.1) is 11.7 Å². The van der Waals surface area contributed by atoms with E-state index in [-0.39, 0.29) is 18.3 Å². The average Bonchev–Trinajstić information content (AvgIpc) is 2.77. The monoisotopic (exact) mass is 407 g/mol. The van der Waals surface area contributed by atoms with E-state index in [9.17, 15) is 9.18 Å². The van der Waals surface area contributed by atoms with Crippen molar-refractivity contribution in [2.75, 3.05) is 24.6 Å². The van der Waals surface area contributed by atoms with Gasteiger partial charge in [-0.05, 0) is 54.7 Å². The number of piperidine rings is 1. The van der Waals surface area contributed by atoms with Crippen molar-refractivity contribution in [3.05, 3.63) is 66.0 Å². The van der Waals surface area contributed by atoms with Crippen molar-refractivity contribution in [1.29, 1.82) is 0 Å². The highest BCUT2D eigenvalue weighted by Gasteiger charge is 2.18. The Bertz CT molecular complexity index is 1010. The summed E-state index contributed by atoms with van der Waals surface area (Å²) in [4.78, 5) is 19.3. The number of hydrogen-bond acceptors (Lipinski definition) is 4. The van der Waals surface area contributed by atoms with Crippen LogP contribution in [0.4, 0.5) is 10.2 Å². The van der Waals surface area contributed by atoms with Crippen LogP contribution in [0.1, 0.15) is 25.3 Å². The number of fused-ring (bicyclic) bond motifs is 1. The number of amides is 1. The second kappa shape index (κ2) is 9.11. The van der Waals surface area contributed by atoms with Crippen LogP contribution < -0.4 is 15.0 Å². The molecular formula is C24H26FN3O2. The lowest BCUT2D eigenvalue weighted by atomic mass is 9.99. The van der Waals surface area contributed by atoms with Crippen molar-refractivity contribution in [1.82, 2.24) is 10.3 Å². The molecule has 30 heavy (non-hydrogen) atoms. The van der Waals surface area contributed by atoms with Crippen LogP contribution in [0.5, 0.6) is 5.75 Å². The zero-order valence-corrected chi connectivity index (χ0v) is 17.1. The van der Waals surface area contributed by atoms with E-state index in [1.807, 2.05) is 18.2 Å². The molecule has 0 radical (unpaired) electrons. The first-order chi connectivity index (χ1) is 14.6. The van der Waals surface area contributed by atoms with Gasteiger partial charge in [-0.25, -0.2) is 9.37 Å². The molecular weight excluding hydrogens is 381 g/mol. The highest BCUT2D eigenvalue weighted by Crippen LogP contribution is 2.28. The Morgan fingerprint density at radius 2 is 1.90 bits per heavy atom. The van der Waals surface area contributed by atoms with Gasteiger partial charge in [-0.15, -0.1) is 0 Å². The summed E-state index contributed by atoms with van der Waals surface area (Å²) in [5.74, 6) is 1.77. The maximum Gasteiger partial charge on any atom is 0.258 e. The number of nitrogens with zero attached hydrogens (tertiary/aromatic N) is 2. The number of rotatable bonds is 6. The topological polar surface area (TPSA) is 54.5 Å². The summed E-state index contributed by atoms with van der Waals surface area (Å²) >= 11 is 0. The average molecular weight is 407 g/mol. The van der Waals surface area contributed by atoms with Gasteiger partial charge in [0.05, 0.1) is 0 Å². The molecule has 156 valence electrons. The van der Waals surface area contributed by atoms with Gasteiger partial charge in [0.15, 0.2) is 6.61 Å². The zero-order chi connectivity index (χ0) is 20.9. The second-order valence-electron chi connectivity index (χ2n) is 7.86. The smallest absolute Gasteiger partial charge is 0.258 e. The molecule has 1 aliphatic rings. The SMILES string of the molecule is CC1CCN(c2ccc3cccc(OCC(=O)NCc4ccc(F)cc4)c3n2)CC1. The number of benzene rings is 2. The molecule has 1 saturated heterocycles. The summed E-state index contributed by atoms with van der Waals surface area (Å²) < 4.78 is 18.8. The van der Waals surface area contributed by atoms with Gasteiger partial charge in [-0.2, -0.15) is 0 Å². The number of nitrogens with one attached hydrogen (secondary N) is 1. The van der Waals surface area contributed by atoms with Crippen LogP contribution in [-0.2, 0) is 11.3 Å². The van der Waals surface area contributed by atoms with Crippen LogP contribution in [0.15, 0.2) is 54.6 Å². The van der Waals surface area contributed by atoms with Gasteiger partial charge in [0, 0.05) is 25.0 Å². The summed E-state index contributed by atoms with van der Waals surface area (Å²) in [6, 6.07) is 15.9. The summed E-state index contributed by atoms with van der Waals surface area (Å²) in [5, 5.41) is 3.77. The van der Waals surface area contributed by atoms with Crippen molar-refractivity contribution < 1.29 is 13.9 Å². The van der Waals surface area contributed by atoms with Gasteiger partial charge in [-0.1, -0.05) is 31.2 Å². The molecule has 3 aromatic rings. The molecule has 6 heteroatoms. The van der Waals surface area contributed by atoms with Gasteiger partial charge in [0.2, 0.25) is 0 Å². The number of para-hydroxylation sites is 1. The van der Waals surface area contributed by atoms with Gasteiger partial charge in [0.1, 0.15) is 22.9 Å². The fourth-order valence-electron chi connectivity index (χ4n) is 3.64. The third kappa shape index (κ3) is 4.87. The number of aromatic nitrogens is 1. The number of hydrogen-bond donors (Lipinski definition) is 1. The molecule has 5 nitrogen and oxygen atoms in total. The first-order valence-electron chi connectivity index (χ1n) is 10.4. The molecule has 0 bridgehead atoms. The molecule has 0 atom stereocenters. The highest BCUT2D eigenvalue weighted by molar-refractivity contribution is 5.86. The molecule has 1 amide bonds. The lowest BCUT2D eigenvalue weighted by molar-refractivity contribution is -0.123. The zero-order valence-electron chi connectivity index (χ0n) is 17.1. The van der Waals surface area contributed by atoms with E-state index < -0.39 is 0 Å². The lowest BCUT2D eigenvalue weighted by Gasteiger charge is -2.31. The number of pyridine rings is 1. The first kappa shape index (κ1) is 20.1. The van der Waals surface area contributed by atoms with E-state index in [4.69, 9.17) is 9.72 Å². The van der Waals surface area contributed by atoms with Crippen LogP contribution in [0.2, 0.25) is 0 Å². The van der Waals surface area contributed by atoms with E-state index in [0.717, 1.165) is 41.3 Å². The third-order valence-electron chi connectivity index (χ3n) is 5.54. The summed E-state index contributed by atoms with van der Waals surface area (Å²) in [7, 11) is 0. The summed E-state index contributed by atoms with van der Waals surface area (Å²) in [5.41, 5.74) is 1.59. The summed E-state index contributed by atoms with van der Waals surface area (Å²) in [6.45, 7) is 4.53. The summed E-state index contributed by atoms with van der Waals surface area (Å²) in [6.07, 6.45) is 2.35. The van der Waals surface area contributed by atoms with Crippen molar-refractivity contribution in [3.8, 4) is 5.75 Å². The number of carbonyl (C=O) groups excluding carboxylic acids is 1. The van der Waals surface area contributed by atoms with Crippen LogP contribution in [0.3, 0.4) is 0 Å². The van der Waals surface area contributed by atoms with Crippen molar-refractivity contribution in [3.63, 3.8) is 0 Å². The minimum absolute atomic E-state index is 0.104. The van der Waals surface area contributed by atoms with Gasteiger partial charge < -0.3 is 15.0 Å². The molecule has 1 aromatic heterocycles. The molecule has 2 aromatic carbocycles. The van der Waals surface area contributed by atoms with Gasteiger partial charge in [0.25, 0.3) is 5.91 Å². The molecule has 2 heterocycles. The van der Waals surface area contributed by atoms with Crippen LogP contribution >= 0.6 is 0 Å². The Morgan fingerprint density at radius 1 is 1.13 bits per heavy atom. The maximum atomic E-state index is 13.0. The van der Waals surface area contributed by atoms with Gasteiger partial charge in [-0.3, -0.25) is 4.79 Å².